The summed E-state index contributed by atoms with van der Waals surface area (Å²) in [7, 11) is 0. The van der Waals surface area contributed by atoms with Gasteiger partial charge in [-0.15, -0.1) is 0 Å². The fourth-order valence-corrected chi connectivity index (χ4v) is 1.69. The number of hydrogen-bond acceptors (Lipinski definition) is 4. The molecule has 1 aromatic carbocycles. The van der Waals surface area contributed by atoms with Crippen LogP contribution < -0.4 is 10.6 Å². The van der Waals surface area contributed by atoms with Crippen LogP contribution in [0.2, 0.25) is 0 Å². The van der Waals surface area contributed by atoms with Crippen LogP contribution in [-0.4, -0.2) is 28.4 Å². The van der Waals surface area contributed by atoms with Crippen LogP contribution in [0, 0.1) is 0 Å². The second kappa shape index (κ2) is 7.16. The first-order valence-corrected chi connectivity index (χ1v) is 6.39. The number of hydrogen-bond donors (Lipinski definition) is 3. The molecule has 0 bridgehead atoms. The van der Waals surface area contributed by atoms with Gasteiger partial charge in [-0.2, -0.15) is 0 Å². The van der Waals surface area contributed by atoms with E-state index in [-0.39, 0.29) is 6.54 Å². The molecular formula is C15H15N3O3. The van der Waals surface area contributed by atoms with Crippen LogP contribution in [0.4, 0.5) is 5.69 Å². The second-order valence-corrected chi connectivity index (χ2v) is 4.33. The van der Waals surface area contributed by atoms with Gasteiger partial charge in [0.1, 0.15) is 0 Å². The van der Waals surface area contributed by atoms with Gasteiger partial charge < -0.3 is 15.7 Å². The molecule has 0 aliphatic heterocycles. The summed E-state index contributed by atoms with van der Waals surface area (Å²) in [5, 5.41) is 14.7. The van der Waals surface area contributed by atoms with Crippen molar-refractivity contribution in [2.45, 2.75) is 6.10 Å². The Kier molecular flexibility index (Phi) is 5.00. The van der Waals surface area contributed by atoms with Crippen LogP contribution in [-0.2, 0) is 9.59 Å². The molecule has 6 heteroatoms. The molecule has 1 heterocycles. The molecule has 0 aliphatic carbocycles. The van der Waals surface area contributed by atoms with Crippen molar-refractivity contribution in [3.63, 3.8) is 0 Å². The Labute approximate surface area is 121 Å². The Morgan fingerprint density at radius 1 is 1.10 bits per heavy atom. The molecule has 6 nitrogen and oxygen atoms in total. The first-order chi connectivity index (χ1) is 10.2. The van der Waals surface area contributed by atoms with E-state index in [0.29, 0.717) is 11.3 Å². The number of benzene rings is 1. The molecule has 1 aromatic heterocycles. The van der Waals surface area contributed by atoms with E-state index >= 15 is 0 Å². The van der Waals surface area contributed by atoms with Crippen LogP contribution in [0.1, 0.15) is 11.7 Å². The number of pyridine rings is 1. The molecule has 21 heavy (non-hydrogen) atoms. The van der Waals surface area contributed by atoms with Gasteiger partial charge in [0.2, 0.25) is 0 Å². The minimum absolute atomic E-state index is 0.0384. The van der Waals surface area contributed by atoms with Crippen LogP contribution in [0.25, 0.3) is 0 Å². The summed E-state index contributed by atoms with van der Waals surface area (Å²) in [5.41, 5.74) is 1.10. The summed E-state index contributed by atoms with van der Waals surface area (Å²) in [6, 6.07) is 12.2. The molecule has 0 aliphatic rings. The van der Waals surface area contributed by atoms with E-state index in [2.05, 4.69) is 15.6 Å². The lowest BCUT2D eigenvalue weighted by atomic mass is 10.1. The molecule has 0 unspecified atom stereocenters. The summed E-state index contributed by atoms with van der Waals surface area (Å²) in [4.78, 5) is 27.1. The zero-order valence-corrected chi connectivity index (χ0v) is 11.2. The highest BCUT2D eigenvalue weighted by Gasteiger charge is 2.15. The Balaban J connectivity index is 1.83. The lowest BCUT2D eigenvalue weighted by Crippen LogP contribution is -2.37. The molecule has 2 amide bonds. The number of aliphatic hydroxyl groups is 1. The maximum atomic E-state index is 11.6. The predicted octanol–water partition coefficient (Wildman–Crippen LogP) is 0.870. The third-order valence-electron chi connectivity index (χ3n) is 2.77. The van der Waals surface area contributed by atoms with Gasteiger partial charge in [-0.3, -0.25) is 14.6 Å². The van der Waals surface area contributed by atoms with Crippen molar-refractivity contribution in [2.75, 3.05) is 11.9 Å². The smallest absolute Gasteiger partial charge is 0.313 e. The lowest BCUT2D eigenvalue weighted by molar-refractivity contribution is -0.136. The number of anilines is 1. The molecule has 108 valence electrons. The maximum Gasteiger partial charge on any atom is 0.313 e. The molecule has 0 fully saturated rings. The topological polar surface area (TPSA) is 91.3 Å². The minimum atomic E-state index is -0.860. The molecular weight excluding hydrogens is 270 g/mol. The van der Waals surface area contributed by atoms with E-state index in [9.17, 15) is 14.7 Å². The lowest BCUT2D eigenvalue weighted by Gasteiger charge is -2.12. The number of rotatable bonds is 4. The van der Waals surface area contributed by atoms with Crippen molar-refractivity contribution >= 4 is 17.5 Å². The fraction of sp³-hybridized carbons (Fsp3) is 0.133. The Morgan fingerprint density at radius 2 is 1.86 bits per heavy atom. The molecule has 2 rings (SSSR count). The monoisotopic (exact) mass is 285 g/mol. The zero-order chi connectivity index (χ0) is 15.1. The summed E-state index contributed by atoms with van der Waals surface area (Å²) >= 11 is 0. The average molecular weight is 285 g/mol. The van der Waals surface area contributed by atoms with Gasteiger partial charge in [0, 0.05) is 12.7 Å². The molecule has 2 aromatic rings. The number of carbonyl (C=O) groups is 2. The Bertz CT molecular complexity index is 602. The van der Waals surface area contributed by atoms with Crippen molar-refractivity contribution in [1.29, 1.82) is 0 Å². The molecule has 0 saturated carbocycles. The van der Waals surface area contributed by atoms with Gasteiger partial charge in [0.05, 0.1) is 18.0 Å². The van der Waals surface area contributed by atoms with E-state index in [1.807, 2.05) is 6.07 Å². The van der Waals surface area contributed by atoms with Crippen LogP contribution in [0.5, 0.6) is 0 Å². The van der Waals surface area contributed by atoms with E-state index in [1.54, 1.807) is 42.6 Å². The van der Waals surface area contributed by atoms with Crippen LogP contribution in [0.3, 0.4) is 0 Å². The van der Waals surface area contributed by atoms with Crippen molar-refractivity contribution in [3.05, 3.63) is 60.4 Å². The third-order valence-corrected chi connectivity index (χ3v) is 2.77. The summed E-state index contributed by atoms with van der Waals surface area (Å²) in [6.45, 7) is -0.0384. The first kappa shape index (κ1) is 14.7. The van der Waals surface area contributed by atoms with Gasteiger partial charge >= 0.3 is 11.8 Å². The maximum absolute atomic E-state index is 11.6. The Morgan fingerprint density at radius 3 is 2.52 bits per heavy atom. The number of nitrogens with zero attached hydrogens (tertiary/aromatic N) is 1. The molecule has 3 N–H and O–H groups in total. The quantitative estimate of drug-likeness (QED) is 0.727. The number of carbonyl (C=O) groups excluding carboxylic acids is 2. The summed E-state index contributed by atoms with van der Waals surface area (Å²) < 4.78 is 0. The molecule has 0 radical (unpaired) electrons. The van der Waals surface area contributed by atoms with E-state index in [1.165, 1.54) is 6.20 Å². The zero-order valence-electron chi connectivity index (χ0n) is 11.2. The predicted molar refractivity (Wildman–Crippen MR) is 77.3 cm³/mol. The third kappa shape index (κ3) is 4.39. The second-order valence-electron chi connectivity index (χ2n) is 4.33. The largest absolute Gasteiger partial charge is 0.387 e. The van der Waals surface area contributed by atoms with Crippen molar-refractivity contribution in [1.82, 2.24) is 10.3 Å². The minimum Gasteiger partial charge on any atom is -0.387 e. The molecule has 0 saturated heterocycles. The number of nitrogens with one attached hydrogen (secondary N) is 2. The van der Waals surface area contributed by atoms with Crippen molar-refractivity contribution < 1.29 is 14.7 Å². The molecule has 0 spiro atoms. The van der Waals surface area contributed by atoms with Crippen molar-refractivity contribution in [2.24, 2.45) is 0 Å². The van der Waals surface area contributed by atoms with Gasteiger partial charge in [-0.25, -0.2) is 0 Å². The Hall–Kier alpha value is -2.73. The van der Waals surface area contributed by atoms with E-state index < -0.39 is 17.9 Å². The highest BCUT2D eigenvalue weighted by atomic mass is 16.3. The summed E-state index contributed by atoms with van der Waals surface area (Å²) in [5.74, 6) is -1.61. The average Bonchev–Trinajstić information content (AvgIpc) is 2.54. The van der Waals surface area contributed by atoms with Gasteiger partial charge in [0.25, 0.3) is 0 Å². The van der Waals surface area contributed by atoms with Crippen molar-refractivity contribution in [3.8, 4) is 0 Å². The number of aliphatic hydroxyl groups excluding tert-OH is 1. The number of aromatic nitrogens is 1. The van der Waals surface area contributed by atoms with Crippen LogP contribution in [0.15, 0.2) is 54.9 Å². The SMILES string of the molecule is O=C(NC[C@H](O)c1ccccc1)C(=O)Nc1cccnc1. The number of amides is 2. The van der Waals surface area contributed by atoms with Gasteiger partial charge in [-0.05, 0) is 17.7 Å². The highest BCUT2D eigenvalue weighted by Crippen LogP contribution is 2.10. The van der Waals surface area contributed by atoms with E-state index in [0.717, 1.165) is 0 Å². The fourth-order valence-electron chi connectivity index (χ4n) is 1.69. The highest BCUT2D eigenvalue weighted by molar-refractivity contribution is 6.39. The standard InChI is InChI=1S/C15H15N3O3/c19-13(11-5-2-1-3-6-11)10-17-14(20)15(21)18-12-7-4-8-16-9-12/h1-9,13,19H,10H2,(H,17,20)(H,18,21)/t13-/m0/s1. The van der Waals surface area contributed by atoms with E-state index in [4.69, 9.17) is 0 Å². The van der Waals surface area contributed by atoms with Gasteiger partial charge in [0.15, 0.2) is 0 Å². The molecule has 1 atom stereocenters. The van der Waals surface area contributed by atoms with Gasteiger partial charge in [-0.1, -0.05) is 30.3 Å². The first-order valence-electron chi connectivity index (χ1n) is 6.39. The normalized spacial score (nSPS) is 11.5. The summed E-state index contributed by atoms with van der Waals surface area (Å²) in [6.07, 6.45) is 2.14. The van der Waals surface area contributed by atoms with Crippen LogP contribution >= 0.6 is 0 Å².